The van der Waals surface area contributed by atoms with Crippen LogP contribution < -0.4 is 15.4 Å². The first-order valence-electron chi connectivity index (χ1n) is 11.2. The Morgan fingerprint density at radius 2 is 1.88 bits per heavy atom. The fraction of sp³-hybridized carbons (Fsp3) is 0.400. The number of halogens is 1. The molecule has 0 aromatic heterocycles. The zero-order valence-corrected chi connectivity index (χ0v) is 20.5. The fourth-order valence-corrected chi connectivity index (χ4v) is 4.05. The summed E-state index contributed by atoms with van der Waals surface area (Å²) in [5, 5.41) is 5.88. The summed E-state index contributed by atoms with van der Waals surface area (Å²) in [5.74, 6) is -0.588. The van der Waals surface area contributed by atoms with Crippen LogP contribution in [-0.4, -0.2) is 49.1 Å². The molecule has 0 saturated carbocycles. The van der Waals surface area contributed by atoms with Crippen molar-refractivity contribution < 1.29 is 23.9 Å². The highest BCUT2D eigenvalue weighted by atomic mass is 35.5. The molecule has 2 N–H and O–H groups in total. The summed E-state index contributed by atoms with van der Waals surface area (Å²) in [7, 11) is 1.59. The number of benzene rings is 2. The van der Waals surface area contributed by atoms with E-state index in [0.717, 1.165) is 10.5 Å². The van der Waals surface area contributed by atoms with Crippen LogP contribution in [0.1, 0.15) is 37.4 Å². The number of nitrogens with one attached hydrogen (secondary N) is 2. The minimum Gasteiger partial charge on any atom is -0.491 e. The molecule has 4 amide bonds. The Hall–Kier alpha value is -3.10. The van der Waals surface area contributed by atoms with E-state index in [2.05, 4.69) is 10.6 Å². The molecule has 34 heavy (non-hydrogen) atoms. The number of hydrogen-bond donors (Lipinski definition) is 2. The van der Waals surface area contributed by atoms with E-state index in [1.165, 1.54) is 0 Å². The average molecular weight is 488 g/mol. The third kappa shape index (κ3) is 5.69. The number of nitrogens with zero attached hydrogens (tertiary/aromatic N) is 1. The summed E-state index contributed by atoms with van der Waals surface area (Å²) in [6, 6.07) is 9.68. The fourth-order valence-electron chi connectivity index (χ4n) is 3.76. The number of hydrogen-bond acceptors (Lipinski definition) is 5. The van der Waals surface area contributed by atoms with Gasteiger partial charge in [0.25, 0.3) is 5.91 Å². The van der Waals surface area contributed by atoms with Gasteiger partial charge in [0.1, 0.15) is 24.4 Å². The molecule has 3 atom stereocenters. The van der Waals surface area contributed by atoms with Crippen molar-refractivity contribution in [1.29, 1.82) is 0 Å². The molecule has 182 valence electrons. The van der Waals surface area contributed by atoms with Gasteiger partial charge in [-0.15, -0.1) is 0 Å². The van der Waals surface area contributed by atoms with E-state index in [-0.39, 0.29) is 5.92 Å². The molecule has 2 aromatic carbocycles. The van der Waals surface area contributed by atoms with Gasteiger partial charge in [-0.3, -0.25) is 9.59 Å². The first-order valence-corrected chi connectivity index (χ1v) is 11.6. The third-order valence-electron chi connectivity index (χ3n) is 5.85. The Morgan fingerprint density at radius 1 is 1.18 bits per heavy atom. The number of imide groups is 1. The standard InChI is InChI=1S/C25H30ClN3O5/c1-5-16(3)22(23(30)27-20-11-6-15(2)14-19(20)26)29-24(31)21(28-25(29)32)17-7-9-18(10-8-17)34-13-12-33-4/h6-11,14,16,21-22H,5,12-13H2,1-4H3,(H,27,30)(H,28,32)/t16?,21-,22?/m1/s1. The maximum absolute atomic E-state index is 13.3. The first kappa shape index (κ1) is 25.5. The highest BCUT2D eigenvalue weighted by Gasteiger charge is 2.46. The maximum Gasteiger partial charge on any atom is 0.325 e. The number of carbonyl (C=O) groups excluding carboxylic acids is 3. The van der Waals surface area contributed by atoms with Crippen LogP contribution in [0.5, 0.6) is 5.75 Å². The molecular formula is C25H30ClN3O5. The Labute approximate surface area is 204 Å². The summed E-state index contributed by atoms with van der Waals surface area (Å²) in [6.07, 6.45) is 0.592. The average Bonchev–Trinajstić information content (AvgIpc) is 3.10. The van der Waals surface area contributed by atoms with Gasteiger partial charge in [-0.2, -0.15) is 0 Å². The third-order valence-corrected chi connectivity index (χ3v) is 6.17. The normalized spacial score (nSPS) is 17.3. The molecule has 0 bridgehead atoms. The van der Waals surface area contributed by atoms with Crippen molar-refractivity contribution in [3.63, 3.8) is 0 Å². The van der Waals surface area contributed by atoms with Gasteiger partial charge in [0, 0.05) is 7.11 Å². The van der Waals surface area contributed by atoms with Gasteiger partial charge >= 0.3 is 6.03 Å². The molecule has 9 heteroatoms. The van der Waals surface area contributed by atoms with Crippen molar-refractivity contribution in [3.8, 4) is 5.75 Å². The van der Waals surface area contributed by atoms with Crippen LogP contribution >= 0.6 is 11.6 Å². The second-order valence-corrected chi connectivity index (χ2v) is 8.71. The Bertz CT molecular complexity index is 1040. The lowest BCUT2D eigenvalue weighted by molar-refractivity contribution is -0.135. The summed E-state index contributed by atoms with van der Waals surface area (Å²) >= 11 is 6.27. The number of aryl methyl sites for hydroxylation is 1. The molecular weight excluding hydrogens is 458 g/mol. The molecule has 0 aliphatic carbocycles. The van der Waals surface area contributed by atoms with E-state index in [9.17, 15) is 14.4 Å². The van der Waals surface area contributed by atoms with E-state index in [1.807, 2.05) is 26.8 Å². The SMILES string of the molecule is CCC(C)C(C(=O)Nc1ccc(C)cc1Cl)N1C(=O)N[C@H](c2ccc(OCCOC)cc2)C1=O. The summed E-state index contributed by atoms with van der Waals surface area (Å²) in [5.41, 5.74) is 1.98. The smallest absolute Gasteiger partial charge is 0.325 e. The minimum absolute atomic E-state index is 0.269. The quantitative estimate of drug-likeness (QED) is 0.384. The Kier molecular flexibility index (Phi) is 8.52. The van der Waals surface area contributed by atoms with E-state index in [4.69, 9.17) is 21.1 Å². The Morgan fingerprint density at radius 3 is 2.50 bits per heavy atom. The van der Waals surface area contributed by atoms with Crippen molar-refractivity contribution in [1.82, 2.24) is 10.2 Å². The van der Waals surface area contributed by atoms with Crippen LogP contribution in [0.4, 0.5) is 10.5 Å². The van der Waals surface area contributed by atoms with Crippen molar-refractivity contribution in [2.75, 3.05) is 25.6 Å². The predicted molar refractivity (Wildman–Crippen MR) is 130 cm³/mol. The van der Waals surface area contributed by atoms with Crippen LogP contribution in [0.3, 0.4) is 0 Å². The zero-order chi connectivity index (χ0) is 24.8. The van der Waals surface area contributed by atoms with Crippen molar-refractivity contribution in [2.45, 2.75) is 39.3 Å². The van der Waals surface area contributed by atoms with E-state index in [1.54, 1.807) is 43.5 Å². The second kappa shape index (κ2) is 11.4. The molecule has 1 heterocycles. The van der Waals surface area contributed by atoms with Crippen molar-refractivity contribution >= 4 is 35.1 Å². The number of rotatable bonds is 10. The lowest BCUT2D eigenvalue weighted by Gasteiger charge is -2.29. The number of methoxy groups -OCH3 is 1. The monoisotopic (exact) mass is 487 g/mol. The molecule has 2 unspecified atom stereocenters. The number of amides is 4. The van der Waals surface area contributed by atoms with E-state index >= 15 is 0 Å². The molecule has 0 radical (unpaired) electrons. The molecule has 2 aromatic rings. The molecule has 1 saturated heterocycles. The predicted octanol–water partition coefficient (Wildman–Crippen LogP) is 4.32. The first-order chi connectivity index (χ1) is 16.3. The molecule has 0 spiro atoms. The highest BCUT2D eigenvalue weighted by molar-refractivity contribution is 6.33. The van der Waals surface area contributed by atoms with Gasteiger partial charge < -0.3 is 20.1 Å². The lowest BCUT2D eigenvalue weighted by Crippen LogP contribution is -2.51. The summed E-state index contributed by atoms with van der Waals surface area (Å²) in [4.78, 5) is 40.5. The molecule has 3 rings (SSSR count). The summed E-state index contributed by atoms with van der Waals surface area (Å²) in [6.45, 7) is 6.49. The van der Waals surface area contributed by atoms with Crippen LogP contribution in [0.2, 0.25) is 5.02 Å². The maximum atomic E-state index is 13.3. The number of ether oxygens (including phenoxy) is 2. The van der Waals surface area contributed by atoms with Gasteiger partial charge in [-0.1, -0.05) is 50.1 Å². The Balaban J connectivity index is 1.80. The summed E-state index contributed by atoms with van der Waals surface area (Å²) < 4.78 is 10.5. The van der Waals surface area contributed by atoms with Gasteiger partial charge in [-0.05, 0) is 48.2 Å². The molecule has 8 nitrogen and oxygen atoms in total. The zero-order valence-electron chi connectivity index (χ0n) is 19.8. The van der Waals surface area contributed by atoms with Crippen LogP contribution in [0, 0.1) is 12.8 Å². The minimum atomic E-state index is -0.989. The number of anilines is 1. The molecule has 1 aliphatic rings. The van der Waals surface area contributed by atoms with Crippen molar-refractivity contribution in [2.24, 2.45) is 5.92 Å². The van der Waals surface area contributed by atoms with Crippen LogP contribution in [-0.2, 0) is 14.3 Å². The van der Waals surface area contributed by atoms with Gasteiger partial charge in [0.05, 0.1) is 17.3 Å². The molecule has 1 fully saturated rings. The molecule has 1 aliphatic heterocycles. The highest BCUT2D eigenvalue weighted by Crippen LogP contribution is 2.30. The lowest BCUT2D eigenvalue weighted by atomic mass is 9.96. The van der Waals surface area contributed by atoms with Crippen LogP contribution in [0.15, 0.2) is 42.5 Å². The number of carbonyl (C=O) groups is 3. The van der Waals surface area contributed by atoms with Gasteiger partial charge in [-0.25, -0.2) is 9.69 Å². The van der Waals surface area contributed by atoms with Gasteiger partial charge in [0.15, 0.2) is 0 Å². The van der Waals surface area contributed by atoms with E-state index < -0.39 is 29.9 Å². The largest absolute Gasteiger partial charge is 0.491 e. The number of urea groups is 1. The second-order valence-electron chi connectivity index (χ2n) is 8.30. The topological polar surface area (TPSA) is 97.0 Å². The van der Waals surface area contributed by atoms with Gasteiger partial charge in [0.2, 0.25) is 5.91 Å². The van der Waals surface area contributed by atoms with Crippen LogP contribution in [0.25, 0.3) is 0 Å². The van der Waals surface area contributed by atoms with Crippen molar-refractivity contribution in [3.05, 3.63) is 58.6 Å². The van der Waals surface area contributed by atoms with E-state index in [0.29, 0.717) is 41.7 Å².